The molecule has 0 radical (unpaired) electrons. The zero-order valence-electron chi connectivity index (χ0n) is 14.5. The maximum Gasteiger partial charge on any atom is 0.315 e. The summed E-state index contributed by atoms with van der Waals surface area (Å²) in [4.78, 5) is 17.0. The van der Waals surface area contributed by atoms with E-state index in [1.165, 1.54) is 0 Å². The van der Waals surface area contributed by atoms with Crippen LogP contribution in [0.4, 0.5) is 0 Å². The highest BCUT2D eigenvalue weighted by Crippen LogP contribution is 2.21. The average molecular weight is 343 g/mol. The van der Waals surface area contributed by atoms with Crippen molar-refractivity contribution in [2.24, 2.45) is 0 Å². The molecule has 0 spiro atoms. The van der Waals surface area contributed by atoms with Crippen molar-refractivity contribution in [3.63, 3.8) is 0 Å². The van der Waals surface area contributed by atoms with Crippen LogP contribution in [-0.2, 0) is 16.0 Å². The van der Waals surface area contributed by atoms with Crippen molar-refractivity contribution in [1.82, 2.24) is 4.98 Å². The lowest BCUT2D eigenvalue weighted by atomic mass is 9.96. The lowest BCUT2D eigenvalue weighted by Crippen LogP contribution is -2.19. The summed E-state index contributed by atoms with van der Waals surface area (Å²) >= 11 is 0. The molecule has 0 saturated carbocycles. The van der Waals surface area contributed by atoms with Gasteiger partial charge < -0.3 is 4.74 Å². The van der Waals surface area contributed by atoms with Crippen LogP contribution >= 0.6 is 0 Å². The fourth-order valence-electron chi connectivity index (χ4n) is 2.72. The summed E-state index contributed by atoms with van der Waals surface area (Å²) in [6.07, 6.45) is 6.07. The first-order valence-corrected chi connectivity index (χ1v) is 8.66. The maximum atomic E-state index is 12.7. The molecule has 3 heteroatoms. The van der Waals surface area contributed by atoms with Gasteiger partial charge in [0.15, 0.2) is 0 Å². The van der Waals surface area contributed by atoms with E-state index in [9.17, 15) is 4.79 Å². The number of ether oxygens (including phenoxy) is 1. The topological polar surface area (TPSA) is 39.2 Å². The summed E-state index contributed by atoms with van der Waals surface area (Å²) < 4.78 is 5.49. The predicted molar refractivity (Wildman–Crippen MR) is 104 cm³/mol. The highest BCUT2D eigenvalue weighted by Gasteiger charge is 2.23. The third kappa shape index (κ3) is 5.15. The second-order valence-electron chi connectivity index (χ2n) is 5.94. The highest BCUT2D eigenvalue weighted by molar-refractivity contribution is 5.78. The van der Waals surface area contributed by atoms with Gasteiger partial charge in [0, 0.05) is 6.20 Å². The van der Waals surface area contributed by atoms with E-state index >= 15 is 0 Å². The van der Waals surface area contributed by atoms with E-state index in [4.69, 9.17) is 4.74 Å². The largest absolute Gasteiger partial charge is 0.461 e. The molecular weight excluding hydrogens is 322 g/mol. The molecule has 0 aliphatic heterocycles. The number of benzene rings is 2. The Morgan fingerprint density at radius 3 is 2.31 bits per heavy atom. The van der Waals surface area contributed by atoms with E-state index in [-0.39, 0.29) is 12.6 Å². The van der Waals surface area contributed by atoms with E-state index in [0.717, 1.165) is 16.8 Å². The Morgan fingerprint density at radius 2 is 1.62 bits per heavy atom. The third-order valence-corrected chi connectivity index (χ3v) is 4.04. The number of carbonyl (C=O) groups is 1. The third-order valence-electron chi connectivity index (χ3n) is 4.04. The molecule has 0 saturated heterocycles. The number of aromatic nitrogens is 1. The molecule has 1 aromatic heterocycles. The number of carbonyl (C=O) groups excluding carboxylic acids is 1. The van der Waals surface area contributed by atoms with Gasteiger partial charge in [-0.25, -0.2) is 0 Å². The van der Waals surface area contributed by atoms with Crippen molar-refractivity contribution in [1.29, 1.82) is 0 Å². The van der Waals surface area contributed by atoms with Crippen LogP contribution in [0.2, 0.25) is 0 Å². The summed E-state index contributed by atoms with van der Waals surface area (Å²) in [6, 6.07) is 25.5. The van der Waals surface area contributed by atoms with Gasteiger partial charge in [-0.1, -0.05) is 72.8 Å². The molecule has 2 aromatic carbocycles. The molecule has 0 aliphatic carbocycles. The smallest absolute Gasteiger partial charge is 0.315 e. The number of esters is 1. The van der Waals surface area contributed by atoms with Gasteiger partial charge in [0.2, 0.25) is 0 Å². The van der Waals surface area contributed by atoms with Gasteiger partial charge in [0.1, 0.15) is 12.5 Å². The monoisotopic (exact) mass is 343 g/mol. The van der Waals surface area contributed by atoms with Crippen molar-refractivity contribution in [2.45, 2.75) is 12.3 Å². The minimum Gasteiger partial charge on any atom is -0.461 e. The maximum absolute atomic E-state index is 12.7. The van der Waals surface area contributed by atoms with Crippen molar-refractivity contribution < 1.29 is 9.53 Å². The molecule has 0 fully saturated rings. The van der Waals surface area contributed by atoms with Gasteiger partial charge in [-0.3, -0.25) is 9.78 Å². The van der Waals surface area contributed by atoms with Gasteiger partial charge in [-0.2, -0.15) is 0 Å². The fraction of sp³-hybridized carbons (Fsp3) is 0.130. The summed E-state index contributed by atoms with van der Waals surface area (Å²) in [5, 5.41) is 0. The van der Waals surface area contributed by atoms with Gasteiger partial charge in [0.25, 0.3) is 0 Å². The van der Waals surface area contributed by atoms with E-state index < -0.39 is 5.92 Å². The van der Waals surface area contributed by atoms with E-state index in [2.05, 4.69) is 4.98 Å². The Labute approximate surface area is 154 Å². The molecule has 1 unspecified atom stereocenters. The van der Waals surface area contributed by atoms with Gasteiger partial charge >= 0.3 is 5.97 Å². The minimum absolute atomic E-state index is 0.242. The Morgan fingerprint density at radius 1 is 0.923 bits per heavy atom. The van der Waals surface area contributed by atoms with Gasteiger partial charge in [-0.15, -0.1) is 0 Å². The van der Waals surface area contributed by atoms with Crippen molar-refractivity contribution in [2.75, 3.05) is 6.61 Å². The molecule has 1 heterocycles. The van der Waals surface area contributed by atoms with E-state index in [1.807, 2.05) is 91.0 Å². The van der Waals surface area contributed by atoms with Crippen LogP contribution in [0.5, 0.6) is 0 Å². The number of pyridine rings is 1. The second kappa shape index (κ2) is 9.33. The molecule has 0 bridgehead atoms. The molecule has 26 heavy (non-hydrogen) atoms. The summed E-state index contributed by atoms with van der Waals surface area (Å²) in [5.41, 5.74) is 2.89. The Balaban J connectivity index is 1.66. The molecule has 3 nitrogen and oxygen atoms in total. The number of nitrogens with zero attached hydrogens (tertiary/aromatic N) is 1. The van der Waals surface area contributed by atoms with E-state index in [1.54, 1.807) is 6.20 Å². The van der Waals surface area contributed by atoms with Crippen LogP contribution in [0.1, 0.15) is 22.7 Å². The Bertz CT molecular complexity index is 830. The molecule has 0 amide bonds. The highest BCUT2D eigenvalue weighted by atomic mass is 16.5. The Kier molecular flexibility index (Phi) is 6.32. The molecule has 0 N–H and O–H groups in total. The summed E-state index contributed by atoms with van der Waals surface area (Å²) in [7, 11) is 0. The molecule has 1 atom stereocenters. The minimum atomic E-state index is -0.413. The van der Waals surface area contributed by atoms with Crippen LogP contribution in [0.3, 0.4) is 0 Å². The zero-order valence-corrected chi connectivity index (χ0v) is 14.5. The van der Waals surface area contributed by atoms with Crippen LogP contribution in [-0.4, -0.2) is 17.6 Å². The van der Waals surface area contributed by atoms with E-state index in [0.29, 0.717) is 6.42 Å². The van der Waals surface area contributed by atoms with Crippen LogP contribution < -0.4 is 0 Å². The first-order chi connectivity index (χ1) is 12.8. The van der Waals surface area contributed by atoms with Crippen LogP contribution in [0.15, 0.2) is 91.1 Å². The molecule has 0 aliphatic rings. The first-order valence-electron chi connectivity index (χ1n) is 8.66. The first kappa shape index (κ1) is 17.6. The second-order valence-corrected chi connectivity index (χ2v) is 5.94. The number of hydrogen-bond donors (Lipinski definition) is 0. The normalized spacial score (nSPS) is 12.0. The van der Waals surface area contributed by atoms with Crippen LogP contribution in [0, 0.1) is 0 Å². The summed E-state index contributed by atoms with van der Waals surface area (Å²) in [5.74, 6) is -0.672. The average Bonchev–Trinajstić information content (AvgIpc) is 2.71. The van der Waals surface area contributed by atoms with Gasteiger partial charge in [0.05, 0.1) is 5.69 Å². The Hall–Kier alpha value is -3.20. The molecule has 130 valence electrons. The number of hydrogen-bond acceptors (Lipinski definition) is 3. The lowest BCUT2D eigenvalue weighted by Gasteiger charge is -2.15. The summed E-state index contributed by atoms with van der Waals surface area (Å²) in [6.45, 7) is 0.242. The standard InChI is InChI=1S/C23H21NO2/c25-23(26-17-9-14-19-10-3-1-4-11-19)21(22-15-7-8-16-24-22)18-20-12-5-2-6-13-20/h1-16,21H,17-18H2/b14-9+. The predicted octanol–water partition coefficient (Wildman–Crippen LogP) is 4.66. The number of rotatable bonds is 7. The molecule has 3 aromatic rings. The fourth-order valence-corrected chi connectivity index (χ4v) is 2.72. The molecular formula is C23H21NO2. The van der Waals surface area contributed by atoms with Crippen molar-refractivity contribution in [3.8, 4) is 0 Å². The van der Waals surface area contributed by atoms with Crippen molar-refractivity contribution >= 4 is 12.0 Å². The van der Waals surface area contributed by atoms with Gasteiger partial charge in [-0.05, 0) is 35.8 Å². The quantitative estimate of drug-likeness (QED) is 0.586. The van der Waals surface area contributed by atoms with Crippen LogP contribution in [0.25, 0.3) is 6.08 Å². The SMILES string of the molecule is O=C(OC/C=C/c1ccccc1)C(Cc1ccccc1)c1ccccn1. The van der Waals surface area contributed by atoms with Crippen molar-refractivity contribution in [3.05, 3.63) is 108 Å². The lowest BCUT2D eigenvalue weighted by molar-refractivity contribution is -0.144. The zero-order chi connectivity index (χ0) is 18.0. The molecule has 3 rings (SSSR count).